The Kier molecular flexibility index (Phi) is 11.7. The molecule has 156 valence electrons. The lowest BCUT2D eigenvalue weighted by molar-refractivity contribution is 0.399. The van der Waals surface area contributed by atoms with E-state index in [9.17, 15) is 0 Å². The molecule has 2 rings (SSSR count). The molecule has 2 heteroatoms. The molecule has 1 aromatic carbocycles. The quantitative estimate of drug-likeness (QED) is 0.271. The summed E-state index contributed by atoms with van der Waals surface area (Å²) in [6, 6.07) is 10.7. The molecule has 0 atom stereocenters. The van der Waals surface area contributed by atoms with Crippen LogP contribution in [0, 0.1) is 5.92 Å². The van der Waals surface area contributed by atoms with Crippen LogP contribution >= 0.6 is 0 Å². The molecule has 0 saturated carbocycles. The van der Waals surface area contributed by atoms with E-state index in [1.807, 2.05) is 6.33 Å². The summed E-state index contributed by atoms with van der Waals surface area (Å²) in [6.45, 7) is 5.52. The molecule has 2 aromatic rings. The van der Waals surface area contributed by atoms with Gasteiger partial charge in [-0.1, -0.05) is 121 Å². The zero-order chi connectivity index (χ0) is 19.9. The molecule has 0 aliphatic carbocycles. The Balaban J connectivity index is 1.81. The van der Waals surface area contributed by atoms with E-state index in [0.29, 0.717) is 0 Å². The van der Waals surface area contributed by atoms with Gasteiger partial charge in [0.05, 0.1) is 12.0 Å². The standard InChI is InChI=1S/C26H42N2/c1-3-5-7-9-12-16-24(17-13-10-8-6-4-2)20-26-22-28(23-27-26)21-25-18-14-11-15-19-25/h11,14-15,18-19,22-24H,3-10,12-13,16-17,20-21H2,1-2H3. The van der Waals surface area contributed by atoms with Gasteiger partial charge in [0.2, 0.25) is 0 Å². The maximum absolute atomic E-state index is 4.73. The summed E-state index contributed by atoms with van der Waals surface area (Å²) in [5, 5.41) is 0. The van der Waals surface area contributed by atoms with Crippen LogP contribution in [0.15, 0.2) is 42.9 Å². The number of hydrogen-bond donors (Lipinski definition) is 0. The number of imidazole rings is 1. The van der Waals surface area contributed by atoms with Gasteiger partial charge in [-0.15, -0.1) is 0 Å². The van der Waals surface area contributed by atoms with Crippen molar-refractivity contribution in [2.75, 3.05) is 0 Å². The first-order valence-corrected chi connectivity index (χ1v) is 11.9. The van der Waals surface area contributed by atoms with E-state index in [-0.39, 0.29) is 0 Å². The smallest absolute Gasteiger partial charge is 0.0952 e. The minimum Gasteiger partial charge on any atom is -0.333 e. The lowest BCUT2D eigenvalue weighted by atomic mass is 9.90. The number of unbranched alkanes of at least 4 members (excludes halogenated alkanes) is 8. The van der Waals surface area contributed by atoms with Gasteiger partial charge < -0.3 is 4.57 Å². The van der Waals surface area contributed by atoms with E-state index < -0.39 is 0 Å². The van der Waals surface area contributed by atoms with Crippen LogP contribution in [0.1, 0.15) is 102 Å². The van der Waals surface area contributed by atoms with E-state index in [0.717, 1.165) is 18.9 Å². The fraction of sp³-hybridized carbons (Fsp3) is 0.654. The largest absolute Gasteiger partial charge is 0.333 e. The SMILES string of the molecule is CCCCCCCC(CCCCCCC)Cc1cn(Cc2ccccc2)cn1. The number of hydrogen-bond acceptors (Lipinski definition) is 1. The van der Waals surface area contributed by atoms with Gasteiger partial charge in [0, 0.05) is 12.7 Å². The van der Waals surface area contributed by atoms with Gasteiger partial charge in [-0.3, -0.25) is 0 Å². The number of nitrogens with zero attached hydrogens (tertiary/aromatic N) is 2. The second kappa shape index (κ2) is 14.4. The molecule has 1 aromatic heterocycles. The van der Waals surface area contributed by atoms with E-state index in [1.165, 1.54) is 88.3 Å². The van der Waals surface area contributed by atoms with Gasteiger partial charge >= 0.3 is 0 Å². The van der Waals surface area contributed by atoms with Crippen molar-refractivity contribution < 1.29 is 0 Å². The molecule has 0 fully saturated rings. The summed E-state index contributed by atoms with van der Waals surface area (Å²) in [4.78, 5) is 4.73. The van der Waals surface area contributed by atoms with Crippen molar-refractivity contribution in [3.8, 4) is 0 Å². The van der Waals surface area contributed by atoms with Crippen LogP contribution in [-0.4, -0.2) is 9.55 Å². The second-order valence-electron chi connectivity index (χ2n) is 8.50. The van der Waals surface area contributed by atoms with Crippen LogP contribution in [-0.2, 0) is 13.0 Å². The number of rotatable bonds is 16. The van der Waals surface area contributed by atoms with Crippen LogP contribution in [0.3, 0.4) is 0 Å². The zero-order valence-corrected chi connectivity index (χ0v) is 18.4. The average molecular weight is 383 g/mol. The Morgan fingerprint density at radius 1 is 0.786 bits per heavy atom. The Hall–Kier alpha value is -1.57. The summed E-state index contributed by atoms with van der Waals surface area (Å²) >= 11 is 0. The van der Waals surface area contributed by atoms with Crippen molar-refractivity contribution >= 4 is 0 Å². The first kappa shape index (κ1) is 22.7. The van der Waals surface area contributed by atoms with Crippen molar-refractivity contribution in [1.82, 2.24) is 9.55 Å². The number of aromatic nitrogens is 2. The highest BCUT2D eigenvalue weighted by atomic mass is 15.0. The third-order valence-electron chi connectivity index (χ3n) is 5.82. The monoisotopic (exact) mass is 382 g/mol. The van der Waals surface area contributed by atoms with Crippen molar-refractivity contribution in [3.63, 3.8) is 0 Å². The summed E-state index contributed by atoms with van der Waals surface area (Å²) in [5.74, 6) is 0.809. The molecule has 1 heterocycles. The topological polar surface area (TPSA) is 17.8 Å². The predicted octanol–water partition coefficient (Wildman–Crippen LogP) is 7.81. The molecule has 0 radical (unpaired) electrons. The molecule has 0 bridgehead atoms. The highest BCUT2D eigenvalue weighted by molar-refractivity contribution is 5.15. The fourth-order valence-electron chi connectivity index (χ4n) is 4.11. The zero-order valence-electron chi connectivity index (χ0n) is 18.4. The summed E-state index contributed by atoms with van der Waals surface area (Å²) in [7, 11) is 0. The van der Waals surface area contributed by atoms with Gasteiger partial charge in [0.25, 0.3) is 0 Å². The molecule has 2 nitrogen and oxygen atoms in total. The third kappa shape index (κ3) is 9.57. The van der Waals surface area contributed by atoms with Crippen molar-refractivity contribution in [1.29, 1.82) is 0 Å². The first-order valence-electron chi connectivity index (χ1n) is 11.9. The second-order valence-corrected chi connectivity index (χ2v) is 8.50. The van der Waals surface area contributed by atoms with Crippen molar-refractivity contribution in [2.24, 2.45) is 5.92 Å². The van der Waals surface area contributed by atoms with Gasteiger partial charge in [0.1, 0.15) is 0 Å². The van der Waals surface area contributed by atoms with Gasteiger partial charge in [-0.2, -0.15) is 0 Å². The van der Waals surface area contributed by atoms with E-state index in [1.54, 1.807) is 0 Å². The van der Waals surface area contributed by atoms with Crippen LogP contribution in [0.5, 0.6) is 0 Å². The van der Waals surface area contributed by atoms with Gasteiger partial charge in [-0.25, -0.2) is 4.98 Å². The Morgan fingerprint density at radius 2 is 1.39 bits per heavy atom. The molecule has 0 N–H and O–H groups in total. The normalized spacial score (nSPS) is 11.4. The third-order valence-corrected chi connectivity index (χ3v) is 5.82. The van der Waals surface area contributed by atoms with Crippen LogP contribution in [0.2, 0.25) is 0 Å². The molecule has 0 amide bonds. The number of benzene rings is 1. The molecule has 0 aliphatic heterocycles. The van der Waals surface area contributed by atoms with E-state index in [2.05, 4.69) is 54.9 Å². The first-order chi connectivity index (χ1) is 13.8. The molecule has 0 saturated heterocycles. The molecule has 0 spiro atoms. The van der Waals surface area contributed by atoms with E-state index in [4.69, 9.17) is 4.98 Å². The molecular weight excluding hydrogens is 340 g/mol. The average Bonchev–Trinajstić information content (AvgIpc) is 3.15. The van der Waals surface area contributed by atoms with Crippen molar-refractivity contribution in [2.45, 2.75) is 104 Å². The summed E-state index contributed by atoms with van der Waals surface area (Å²) < 4.78 is 2.24. The Labute approximate surface area is 173 Å². The fourth-order valence-corrected chi connectivity index (χ4v) is 4.11. The molecule has 0 aliphatic rings. The van der Waals surface area contributed by atoms with Crippen molar-refractivity contribution in [3.05, 3.63) is 54.1 Å². The lowest BCUT2D eigenvalue weighted by Gasteiger charge is -2.16. The molecule has 28 heavy (non-hydrogen) atoms. The maximum Gasteiger partial charge on any atom is 0.0952 e. The molecular formula is C26H42N2. The minimum atomic E-state index is 0.809. The maximum atomic E-state index is 4.73. The molecule has 0 unspecified atom stereocenters. The van der Waals surface area contributed by atoms with Crippen LogP contribution in [0.25, 0.3) is 0 Å². The highest BCUT2D eigenvalue weighted by Gasteiger charge is 2.12. The summed E-state index contributed by atoms with van der Waals surface area (Å²) in [6.07, 6.45) is 22.1. The van der Waals surface area contributed by atoms with Crippen LogP contribution < -0.4 is 0 Å². The summed E-state index contributed by atoms with van der Waals surface area (Å²) in [5.41, 5.74) is 2.62. The van der Waals surface area contributed by atoms with Gasteiger partial charge in [0.15, 0.2) is 0 Å². The highest BCUT2D eigenvalue weighted by Crippen LogP contribution is 2.22. The Bertz CT molecular complexity index is 588. The van der Waals surface area contributed by atoms with E-state index >= 15 is 0 Å². The van der Waals surface area contributed by atoms with Crippen LogP contribution in [0.4, 0.5) is 0 Å². The minimum absolute atomic E-state index is 0.809. The lowest BCUT2D eigenvalue weighted by Crippen LogP contribution is -2.06. The van der Waals surface area contributed by atoms with Gasteiger partial charge in [-0.05, 0) is 17.9 Å². The predicted molar refractivity (Wildman–Crippen MR) is 122 cm³/mol. The Morgan fingerprint density at radius 3 is 2.00 bits per heavy atom.